The van der Waals surface area contributed by atoms with Crippen LogP contribution in [0.1, 0.15) is 26.2 Å². The highest BCUT2D eigenvalue weighted by molar-refractivity contribution is 5.72. The molecule has 2 atom stereocenters. The van der Waals surface area contributed by atoms with Gasteiger partial charge in [0, 0.05) is 31.8 Å². The van der Waals surface area contributed by atoms with Crippen LogP contribution < -0.4 is 11.1 Å². The number of nitrogens with zero attached hydrogens (tertiary/aromatic N) is 1. The molecule has 2 saturated heterocycles. The number of hydrogen-bond donors (Lipinski definition) is 2. The molecule has 0 aromatic heterocycles. The van der Waals surface area contributed by atoms with Gasteiger partial charge in [-0.3, -0.25) is 0 Å². The lowest BCUT2D eigenvalue weighted by atomic mass is 9.95. The number of nitrogens with two attached hydrogens (primary N) is 1. The topological polar surface area (TPSA) is 67.6 Å². The molecule has 2 aliphatic rings. The molecule has 98 valence electrons. The number of carbonyl (C=O) groups is 1. The van der Waals surface area contributed by atoms with E-state index in [0.717, 1.165) is 45.6 Å². The van der Waals surface area contributed by atoms with Crippen molar-refractivity contribution in [3.63, 3.8) is 0 Å². The number of ether oxygens (including phenoxy) is 1. The van der Waals surface area contributed by atoms with E-state index in [9.17, 15) is 4.79 Å². The number of primary amides is 1. The molecular formula is C12H23N3O2. The predicted molar refractivity (Wildman–Crippen MR) is 65.7 cm³/mol. The average molecular weight is 241 g/mol. The molecule has 2 amide bonds. The number of hydrogen-bond acceptors (Lipinski definition) is 3. The van der Waals surface area contributed by atoms with Gasteiger partial charge in [-0.2, -0.15) is 0 Å². The molecule has 0 aromatic carbocycles. The van der Waals surface area contributed by atoms with Crippen LogP contribution in [-0.2, 0) is 4.74 Å². The van der Waals surface area contributed by atoms with Gasteiger partial charge in [-0.25, -0.2) is 4.79 Å². The van der Waals surface area contributed by atoms with Crippen LogP contribution in [0.15, 0.2) is 0 Å². The summed E-state index contributed by atoms with van der Waals surface area (Å²) < 4.78 is 5.44. The fraction of sp³-hybridized carbons (Fsp3) is 0.917. The van der Waals surface area contributed by atoms with Crippen molar-refractivity contribution >= 4 is 6.03 Å². The molecule has 5 heteroatoms. The van der Waals surface area contributed by atoms with E-state index in [4.69, 9.17) is 10.5 Å². The van der Waals surface area contributed by atoms with Gasteiger partial charge in [-0.15, -0.1) is 0 Å². The SMILES string of the molecule is CC1COCCC1NC1CCN(C(N)=O)CC1. The van der Waals surface area contributed by atoms with Crippen LogP contribution in [0.2, 0.25) is 0 Å². The van der Waals surface area contributed by atoms with Crippen molar-refractivity contribution in [2.75, 3.05) is 26.3 Å². The minimum atomic E-state index is -0.289. The zero-order chi connectivity index (χ0) is 12.3. The fourth-order valence-corrected chi connectivity index (χ4v) is 2.70. The molecule has 0 aliphatic carbocycles. The molecule has 2 fully saturated rings. The summed E-state index contributed by atoms with van der Waals surface area (Å²) >= 11 is 0. The molecule has 0 radical (unpaired) electrons. The van der Waals surface area contributed by atoms with Gasteiger partial charge in [0.1, 0.15) is 0 Å². The fourth-order valence-electron chi connectivity index (χ4n) is 2.70. The molecule has 3 N–H and O–H groups in total. The van der Waals surface area contributed by atoms with E-state index in [1.807, 2.05) is 0 Å². The van der Waals surface area contributed by atoms with Gasteiger partial charge >= 0.3 is 6.03 Å². The Morgan fingerprint density at radius 1 is 1.35 bits per heavy atom. The Kier molecular flexibility index (Phi) is 4.23. The van der Waals surface area contributed by atoms with Crippen LogP contribution >= 0.6 is 0 Å². The first-order valence-electron chi connectivity index (χ1n) is 6.55. The number of nitrogens with one attached hydrogen (secondary N) is 1. The summed E-state index contributed by atoms with van der Waals surface area (Å²) in [5.74, 6) is 0.581. The molecule has 0 spiro atoms. The summed E-state index contributed by atoms with van der Waals surface area (Å²) in [7, 11) is 0. The van der Waals surface area contributed by atoms with E-state index >= 15 is 0 Å². The average Bonchev–Trinajstić information content (AvgIpc) is 2.33. The lowest BCUT2D eigenvalue weighted by Crippen LogP contribution is -2.52. The Labute approximate surface area is 103 Å². The number of rotatable bonds is 2. The second-order valence-corrected chi connectivity index (χ2v) is 5.21. The maximum atomic E-state index is 11.0. The van der Waals surface area contributed by atoms with E-state index in [2.05, 4.69) is 12.2 Å². The number of piperidine rings is 1. The van der Waals surface area contributed by atoms with Crippen LogP contribution in [-0.4, -0.2) is 49.3 Å². The summed E-state index contributed by atoms with van der Waals surface area (Å²) in [5.41, 5.74) is 5.27. The quantitative estimate of drug-likeness (QED) is 0.741. The van der Waals surface area contributed by atoms with Crippen molar-refractivity contribution < 1.29 is 9.53 Å². The highest BCUT2D eigenvalue weighted by Crippen LogP contribution is 2.17. The standard InChI is InChI=1S/C12H23N3O2/c1-9-8-17-7-4-11(9)14-10-2-5-15(6-3-10)12(13)16/h9-11,14H,2-8H2,1H3,(H2,13,16). The van der Waals surface area contributed by atoms with Gasteiger partial charge in [0.25, 0.3) is 0 Å². The monoisotopic (exact) mass is 241 g/mol. The summed E-state index contributed by atoms with van der Waals surface area (Å²) in [6.07, 6.45) is 3.11. The lowest BCUT2D eigenvalue weighted by Gasteiger charge is -2.37. The highest BCUT2D eigenvalue weighted by Gasteiger charge is 2.27. The Hall–Kier alpha value is -0.810. The zero-order valence-corrected chi connectivity index (χ0v) is 10.5. The molecule has 0 bridgehead atoms. The second kappa shape index (κ2) is 5.69. The Bertz CT molecular complexity index is 264. The van der Waals surface area contributed by atoms with E-state index in [0.29, 0.717) is 18.0 Å². The van der Waals surface area contributed by atoms with E-state index in [1.165, 1.54) is 0 Å². The highest BCUT2D eigenvalue weighted by atomic mass is 16.5. The van der Waals surface area contributed by atoms with Crippen molar-refractivity contribution in [2.45, 2.75) is 38.3 Å². The molecule has 2 aliphatic heterocycles. The Balaban J connectivity index is 1.75. The molecule has 5 nitrogen and oxygen atoms in total. The molecule has 2 heterocycles. The smallest absolute Gasteiger partial charge is 0.314 e. The lowest BCUT2D eigenvalue weighted by molar-refractivity contribution is 0.0333. The number of urea groups is 1. The number of likely N-dealkylation sites (tertiary alicyclic amines) is 1. The molecule has 0 aromatic rings. The van der Waals surface area contributed by atoms with Crippen molar-refractivity contribution in [3.05, 3.63) is 0 Å². The first-order chi connectivity index (χ1) is 8.16. The zero-order valence-electron chi connectivity index (χ0n) is 10.5. The maximum Gasteiger partial charge on any atom is 0.314 e. The summed E-state index contributed by atoms with van der Waals surface area (Å²) in [4.78, 5) is 12.7. The Morgan fingerprint density at radius 2 is 2.06 bits per heavy atom. The largest absolute Gasteiger partial charge is 0.381 e. The minimum absolute atomic E-state index is 0.289. The number of amides is 2. The van der Waals surface area contributed by atoms with Crippen molar-refractivity contribution in [1.82, 2.24) is 10.2 Å². The van der Waals surface area contributed by atoms with E-state index in [-0.39, 0.29) is 6.03 Å². The predicted octanol–water partition coefficient (Wildman–Crippen LogP) is 0.544. The molecular weight excluding hydrogens is 218 g/mol. The van der Waals surface area contributed by atoms with Crippen LogP contribution in [0, 0.1) is 5.92 Å². The maximum absolute atomic E-state index is 11.0. The van der Waals surface area contributed by atoms with Gasteiger partial charge in [0.05, 0.1) is 6.61 Å². The van der Waals surface area contributed by atoms with Crippen LogP contribution in [0.25, 0.3) is 0 Å². The third-order valence-corrected chi connectivity index (χ3v) is 3.90. The van der Waals surface area contributed by atoms with E-state index in [1.54, 1.807) is 4.90 Å². The van der Waals surface area contributed by atoms with Gasteiger partial charge in [0.2, 0.25) is 0 Å². The minimum Gasteiger partial charge on any atom is -0.381 e. The van der Waals surface area contributed by atoms with Gasteiger partial charge in [-0.05, 0) is 25.2 Å². The summed E-state index contributed by atoms with van der Waals surface area (Å²) in [5, 5.41) is 3.71. The first kappa shape index (κ1) is 12.6. The first-order valence-corrected chi connectivity index (χ1v) is 6.55. The van der Waals surface area contributed by atoms with Gasteiger partial charge in [-0.1, -0.05) is 6.92 Å². The summed E-state index contributed by atoms with van der Waals surface area (Å²) in [6.45, 7) is 5.52. The van der Waals surface area contributed by atoms with Crippen LogP contribution in [0.4, 0.5) is 4.79 Å². The second-order valence-electron chi connectivity index (χ2n) is 5.21. The third-order valence-electron chi connectivity index (χ3n) is 3.90. The van der Waals surface area contributed by atoms with Gasteiger partial charge in [0.15, 0.2) is 0 Å². The molecule has 2 rings (SSSR count). The molecule has 17 heavy (non-hydrogen) atoms. The van der Waals surface area contributed by atoms with Crippen molar-refractivity contribution in [1.29, 1.82) is 0 Å². The molecule has 0 saturated carbocycles. The van der Waals surface area contributed by atoms with Crippen molar-refractivity contribution in [3.8, 4) is 0 Å². The van der Waals surface area contributed by atoms with Crippen LogP contribution in [0.5, 0.6) is 0 Å². The van der Waals surface area contributed by atoms with Crippen molar-refractivity contribution in [2.24, 2.45) is 11.7 Å². The molecule has 2 unspecified atom stereocenters. The normalized spacial score (nSPS) is 31.5. The number of carbonyl (C=O) groups excluding carboxylic acids is 1. The van der Waals surface area contributed by atoms with E-state index < -0.39 is 0 Å². The third kappa shape index (κ3) is 3.33. The summed E-state index contributed by atoms with van der Waals surface area (Å²) in [6, 6.07) is 0.799. The van der Waals surface area contributed by atoms with Gasteiger partial charge < -0.3 is 20.7 Å². The van der Waals surface area contributed by atoms with Crippen LogP contribution in [0.3, 0.4) is 0 Å². The Morgan fingerprint density at radius 3 is 2.65 bits per heavy atom.